The number of amides is 1. The van der Waals surface area contributed by atoms with Crippen LogP contribution in [0.15, 0.2) is 18.2 Å². The lowest BCUT2D eigenvalue weighted by atomic mass is 9.85. The van der Waals surface area contributed by atoms with E-state index in [0.29, 0.717) is 55.7 Å². The third-order valence-electron chi connectivity index (χ3n) is 5.96. The molecule has 2 unspecified atom stereocenters. The van der Waals surface area contributed by atoms with E-state index in [0.717, 1.165) is 13.1 Å². The largest absolute Gasteiger partial charge is 0.366 e. The first-order chi connectivity index (χ1) is 13.0. The number of benzene rings is 1. The van der Waals surface area contributed by atoms with Crippen molar-refractivity contribution in [3.8, 4) is 0 Å². The molecular weight excluding hydrogens is 345 g/mol. The van der Waals surface area contributed by atoms with Crippen LogP contribution < -0.4 is 10.2 Å². The summed E-state index contributed by atoms with van der Waals surface area (Å²) in [4.78, 5) is 27.9. The molecule has 1 amide bonds. The maximum absolute atomic E-state index is 14.3. The Morgan fingerprint density at radius 1 is 1.26 bits per heavy atom. The highest BCUT2D eigenvalue weighted by molar-refractivity contribution is 5.94. The van der Waals surface area contributed by atoms with Gasteiger partial charge in [-0.15, -0.1) is 0 Å². The second-order valence-corrected chi connectivity index (χ2v) is 7.88. The van der Waals surface area contributed by atoms with Crippen LogP contribution in [0.2, 0.25) is 0 Å². The van der Waals surface area contributed by atoms with Crippen molar-refractivity contribution in [2.24, 2.45) is 11.8 Å². The molecule has 0 radical (unpaired) electrons. The van der Waals surface area contributed by atoms with Gasteiger partial charge in [0.25, 0.3) is 0 Å². The Kier molecular flexibility index (Phi) is 6.47. The van der Waals surface area contributed by atoms with Gasteiger partial charge in [-0.25, -0.2) is 4.39 Å². The topological polar surface area (TPSA) is 52.7 Å². The van der Waals surface area contributed by atoms with Crippen molar-refractivity contribution in [2.75, 3.05) is 44.2 Å². The summed E-state index contributed by atoms with van der Waals surface area (Å²) >= 11 is 0. The monoisotopic (exact) mass is 375 g/mol. The summed E-state index contributed by atoms with van der Waals surface area (Å²) < 4.78 is 14.3. The van der Waals surface area contributed by atoms with Crippen molar-refractivity contribution < 1.29 is 14.0 Å². The van der Waals surface area contributed by atoms with Crippen molar-refractivity contribution in [3.05, 3.63) is 29.6 Å². The van der Waals surface area contributed by atoms with Gasteiger partial charge in [0.2, 0.25) is 5.91 Å². The average Bonchev–Trinajstić information content (AvgIpc) is 2.68. The molecule has 2 atom stereocenters. The number of nitrogens with zero attached hydrogens (tertiary/aromatic N) is 2. The van der Waals surface area contributed by atoms with Gasteiger partial charge in [0.15, 0.2) is 5.78 Å². The van der Waals surface area contributed by atoms with E-state index in [2.05, 4.69) is 12.2 Å². The fourth-order valence-corrected chi connectivity index (χ4v) is 4.11. The summed E-state index contributed by atoms with van der Waals surface area (Å²) in [5.74, 6) is 0.664. The Hall–Kier alpha value is -1.95. The smallest absolute Gasteiger partial charge is 0.222 e. The number of anilines is 1. The van der Waals surface area contributed by atoms with Crippen molar-refractivity contribution in [1.82, 2.24) is 10.2 Å². The summed E-state index contributed by atoms with van der Waals surface area (Å²) in [6.45, 7) is 8.16. The van der Waals surface area contributed by atoms with Crippen LogP contribution in [0, 0.1) is 17.7 Å². The van der Waals surface area contributed by atoms with E-state index in [4.69, 9.17) is 0 Å². The maximum atomic E-state index is 14.3. The normalized spacial score (nSPS) is 21.8. The lowest BCUT2D eigenvalue weighted by molar-refractivity contribution is -0.132. The Bertz CT molecular complexity index is 680. The first kappa shape index (κ1) is 19.8. The van der Waals surface area contributed by atoms with E-state index in [1.54, 1.807) is 12.1 Å². The highest BCUT2D eigenvalue weighted by Crippen LogP contribution is 2.25. The number of Topliss-reactive ketones (excluding diaryl/α,β-unsaturated/α-hetero) is 1. The van der Waals surface area contributed by atoms with Gasteiger partial charge in [-0.3, -0.25) is 9.59 Å². The summed E-state index contributed by atoms with van der Waals surface area (Å²) in [5.41, 5.74) is 0.894. The van der Waals surface area contributed by atoms with Gasteiger partial charge in [-0.05, 0) is 62.9 Å². The molecule has 2 saturated heterocycles. The summed E-state index contributed by atoms with van der Waals surface area (Å²) in [7, 11) is 0. The molecule has 5 nitrogen and oxygen atoms in total. The number of hydrogen-bond donors (Lipinski definition) is 1. The number of hydrogen-bond acceptors (Lipinski definition) is 4. The number of nitrogens with one attached hydrogen (secondary N) is 1. The molecule has 3 rings (SSSR count). The molecule has 1 aromatic rings. The quantitative estimate of drug-likeness (QED) is 0.804. The number of piperazine rings is 1. The Morgan fingerprint density at radius 2 is 2.00 bits per heavy atom. The summed E-state index contributed by atoms with van der Waals surface area (Å²) in [6, 6.07) is 4.63. The summed E-state index contributed by atoms with van der Waals surface area (Å²) in [6.07, 6.45) is 2.98. The minimum absolute atomic E-state index is 0.141. The van der Waals surface area contributed by atoms with Gasteiger partial charge in [0.1, 0.15) is 5.82 Å². The van der Waals surface area contributed by atoms with Crippen LogP contribution in [-0.4, -0.2) is 55.9 Å². The number of ketones is 1. The highest BCUT2D eigenvalue weighted by Gasteiger charge is 2.27. The molecule has 2 aliphatic rings. The SMILES string of the molecule is CC(=O)c1ccc(N2CCN(C(=O)CC(C)C3CCCNC3)CC2)c(F)c1. The molecule has 0 aliphatic carbocycles. The molecule has 1 aromatic carbocycles. The molecular formula is C21H30FN3O2. The van der Waals surface area contributed by atoms with Crippen molar-refractivity contribution in [2.45, 2.75) is 33.1 Å². The fourth-order valence-electron chi connectivity index (χ4n) is 4.11. The molecule has 2 heterocycles. The number of carbonyl (C=O) groups is 2. The zero-order chi connectivity index (χ0) is 19.4. The predicted octanol–water partition coefficient (Wildman–Crippen LogP) is 2.70. The minimum atomic E-state index is -0.374. The van der Waals surface area contributed by atoms with E-state index in [9.17, 15) is 14.0 Å². The highest BCUT2D eigenvalue weighted by atomic mass is 19.1. The first-order valence-corrected chi connectivity index (χ1v) is 9.99. The molecule has 6 heteroatoms. The van der Waals surface area contributed by atoms with Crippen LogP contribution in [-0.2, 0) is 4.79 Å². The van der Waals surface area contributed by atoms with Crippen LogP contribution in [0.5, 0.6) is 0 Å². The second-order valence-electron chi connectivity index (χ2n) is 7.88. The van der Waals surface area contributed by atoms with Crippen LogP contribution >= 0.6 is 0 Å². The minimum Gasteiger partial charge on any atom is -0.366 e. The zero-order valence-corrected chi connectivity index (χ0v) is 16.3. The number of rotatable bonds is 5. The fraction of sp³-hybridized carbons (Fsp3) is 0.619. The van der Waals surface area contributed by atoms with Crippen LogP contribution in [0.3, 0.4) is 0 Å². The molecule has 0 aromatic heterocycles. The van der Waals surface area contributed by atoms with Crippen molar-refractivity contribution in [1.29, 1.82) is 0 Å². The summed E-state index contributed by atoms with van der Waals surface area (Å²) in [5, 5.41) is 3.42. The van der Waals surface area contributed by atoms with Crippen LogP contribution in [0.25, 0.3) is 0 Å². The van der Waals surface area contributed by atoms with E-state index >= 15 is 0 Å². The first-order valence-electron chi connectivity index (χ1n) is 9.99. The van der Waals surface area contributed by atoms with Crippen molar-refractivity contribution >= 4 is 17.4 Å². The molecule has 0 spiro atoms. The van der Waals surface area contributed by atoms with Crippen molar-refractivity contribution in [3.63, 3.8) is 0 Å². The molecule has 0 bridgehead atoms. The van der Waals surface area contributed by atoms with Gasteiger partial charge in [-0.1, -0.05) is 6.92 Å². The van der Waals surface area contributed by atoms with Gasteiger partial charge in [-0.2, -0.15) is 0 Å². The molecule has 2 aliphatic heterocycles. The van der Waals surface area contributed by atoms with Crippen LogP contribution in [0.4, 0.5) is 10.1 Å². The third-order valence-corrected chi connectivity index (χ3v) is 5.96. The van der Waals surface area contributed by atoms with E-state index in [-0.39, 0.29) is 17.5 Å². The van der Waals surface area contributed by atoms with Gasteiger partial charge in [0.05, 0.1) is 5.69 Å². The Balaban J connectivity index is 1.52. The average molecular weight is 375 g/mol. The molecule has 0 saturated carbocycles. The predicted molar refractivity (Wildman–Crippen MR) is 105 cm³/mol. The molecule has 27 heavy (non-hydrogen) atoms. The van der Waals surface area contributed by atoms with E-state index < -0.39 is 0 Å². The standard InChI is InChI=1S/C21H30FN3O2/c1-15(18-4-3-7-23-14-18)12-21(27)25-10-8-24(9-11-25)20-6-5-17(16(2)26)13-19(20)22/h5-6,13,15,18,23H,3-4,7-12,14H2,1-2H3. The number of carbonyl (C=O) groups excluding carboxylic acids is 2. The number of piperidine rings is 1. The van der Waals surface area contributed by atoms with E-state index in [1.807, 2.05) is 9.80 Å². The Labute approximate surface area is 160 Å². The van der Waals surface area contributed by atoms with Crippen LogP contribution in [0.1, 0.15) is 43.5 Å². The maximum Gasteiger partial charge on any atom is 0.222 e. The zero-order valence-electron chi connectivity index (χ0n) is 16.3. The van der Waals surface area contributed by atoms with E-state index in [1.165, 1.54) is 25.8 Å². The lowest BCUT2D eigenvalue weighted by Crippen LogP contribution is -2.49. The number of halogens is 1. The lowest BCUT2D eigenvalue weighted by Gasteiger charge is -2.37. The molecule has 1 N–H and O–H groups in total. The third kappa shape index (κ3) is 4.86. The molecule has 148 valence electrons. The van der Waals surface area contributed by atoms with Gasteiger partial charge in [0, 0.05) is 38.2 Å². The van der Waals surface area contributed by atoms with Gasteiger partial charge < -0.3 is 15.1 Å². The Morgan fingerprint density at radius 3 is 2.59 bits per heavy atom. The molecule has 2 fully saturated rings. The van der Waals surface area contributed by atoms with Gasteiger partial charge >= 0.3 is 0 Å². The second kappa shape index (κ2) is 8.83.